The number of aryl methyl sites for hydroxylation is 1. The molecule has 6 nitrogen and oxygen atoms in total. The minimum Gasteiger partial charge on any atom is -0.496 e. The number of pyridine rings is 1. The number of methoxy groups -OCH3 is 1. The first kappa shape index (κ1) is 13.8. The average Bonchev–Trinajstić information content (AvgIpc) is 2.46. The summed E-state index contributed by atoms with van der Waals surface area (Å²) in [4.78, 5) is 14.7. The number of nitrogens with zero attached hydrogens (tertiary/aromatic N) is 2. The highest BCUT2D eigenvalue weighted by Crippen LogP contribution is 2.29. The van der Waals surface area contributed by atoms with Crippen LogP contribution in [0.25, 0.3) is 0 Å². The molecule has 0 aliphatic rings. The summed E-state index contributed by atoms with van der Waals surface area (Å²) >= 11 is 0. The third kappa shape index (κ3) is 3.03. The van der Waals surface area contributed by atoms with Gasteiger partial charge in [-0.2, -0.15) is 0 Å². The Kier molecular flexibility index (Phi) is 4.14. The van der Waals surface area contributed by atoms with Crippen molar-refractivity contribution in [3.63, 3.8) is 0 Å². The van der Waals surface area contributed by atoms with Crippen LogP contribution in [0.3, 0.4) is 0 Å². The van der Waals surface area contributed by atoms with Crippen LogP contribution in [0.15, 0.2) is 36.7 Å². The molecule has 0 unspecified atom stereocenters. The lowest BCUT2D eigenvalue weighted by atomic mass is 10.1. The number of nitro benzene ring substituents is 1. The van der Waals surface area contributed by atoms with E-state index < -0.39 is 4.92 Å². The van der Waals surface area contributed by atoms with Gasteiger partial charge < -0.3 is 10.1 Å². The fraction of sp³-hybridized carbons (Fsp3) is 0.214. The molecule has 0 radical (unpaired) electrons. The predicted molar refractivity (Wildman–Crippen MR) is 75.9 cm³/mol. The smallest absolute Gasteiger partial charge is 0.296 e. The van der Waals surface area contributed by atoms with E-state index in [1.165, 1.54) is 13.2 Å². The number of benzene rings is 1. The molecule has 0 bridgehead atoms. The van der Waals surface area contributed by atoms with Gasteiger partial charge in [0.1, 0.15) is 11.4 Å². The summed E-state index contributed by atoms with van der Waals surface area (Å²) in [6.45, 7) is 2.45. The summed E-state index contributed by atoms with van der Waals surface area (Å²) in [6, 6.07) is 6.63. The highest BCUT2D eigenvalue weighted by atomic mass is 16.6. The van der Waals surface area contributed by atoms with E-state index >= 15 is 0 Å². The van der Waals surface area contributed by atoms with Crippen molar-refractivity contribution < 1.29 is 9.66 Å². The molecule has 0 aliphatic heterocycles. The maximum atomic E-state index is 11.1. The molecular weight excluding hydrogens is 258 g/mol. The van der Waals surface area contributed by atoms with Crippen molar-refractivity contribution >= 4 is 11.4 Å². The fourth-order valence-electron chi connectivity index (χ4n) is 1.83. The zero-order valence-corrected chi connectivity index (χ0v) is 11.3. The first-order valence-corrected chi connectivity index (χ1v) is 6.07. The lowest BCUT2D eigenvalue weighted by Crippen LogP contribution is -2.04. The van der Waals surface area contributed by atoms with Crippen molar-refractivity contribution in [1.82, 2.24) is 4.98 Å². The lowest BCUT2D eigenvalue weighted by Gasteiger charge is -2.10. The van der Waals surface area contributed by atoms with E-state index in [9.17, 15) is 10.1 Å². The van der Waals surface area contributed by atoms with Crippen molar-refractivity contribution in [2.75, 3.05) is 12.4 Å². The average molecular weight is 273 g/mol. The zero-order chi connectivity index (χ0) is 14.5. The molecule has 0 amide bonds. The van der Waals surface area contributed by atoms with Crippen LogP contribution in [0, 0.1) is 17.0 Å². The summed E-state index contributed by atoms with van der Waals surface area (Å²) < 4.78 is 5.00. The van der Waals surface area contributed by atoms with Crippen LogP contribution in [0.2, 0.25) is 0 Å². The minimum atomic E-state index is -0.426. The van der Waals surface area contributed by atoms with E-state index in [2.05, 4.69) is 10.3 Å². The molecule has 0 aliphatic carbocycles. The maximum Gasteiger partial charge on any atom is 0.296 e. The van der Waals surface area contributed by atoms with Gasteiger partial charge in [0.25, 0.3) is 5.69 Å². The first-order chi connectivity index (χ1) is 9.61. The second kappa shape index (κ2) is 6.01. The molecule has 2 aromatic rings. The van der Waals surface area contributed by atoms with Crippen molar-refractivity contribution in [2.24, 2.45) is 0 Å². The van der Waals surface area contributed by atoms with E-state index in [1.807, 2.05) is 13.0 Å². The molecule has 1 heterocycles. The maximum absolute atomic E-state index is 11.1. The standard InChI is InChI=1S/C14H15N3O3/c1-10-8-15-6-5-11(10)9-16-13-4-3-12(20-2)7-14(13)17(18)19/h3-8,16H,9H2,1-2H3. The molecule has 1 aromatic heterocycles. The van der Waals surface area contributed by atoms with E-state index in [4.69, 9.17) is 4.74 Å². The van der Waals surface area contributed by atoms with Gasteiger partial charge in [-0.05, 0) is 36.2 Å². The highest BCUT2D eigenvalue weighted by molar-refractivity contribution is 5.64. The van der Waals surface area contributed by atoms with Crippen LogP contribution in [0.5, 0.6) is 5.75 Å². The number of hydrogen-bond acceptors (Lipinski definition) is 5. The van der Waals surface area contributed by atoms with Crippen molar-refractivity contribution in [2.45, 2.75) is 13.5 Å². The molecule has 0 atom stereocenters. The minimum absolute atomic E-state index is 0.00365. The second-order valence-corrected chi connectivity index (χ2v) is 4.30. The third-order valence-corrected chi connectivity index (χ3v) is 3.01. The molecule has 2 rings (SSSR count). The Morgan fingerprint density at radius 2 is 2.20 bits per heavy atom. The molecule has 0 saturated carbocycles. The molecule has 1 N–H and O–H groups in total. The fourth-order valence-corrected chi connectivity index (χ4v) is 1.83. The molecule has 1 aromatic carbocycles. The Morgan fingerprint density at radius 1 is 1.40 bits per heavy atom. The first-order valence-electron chi connectivity index (χ1n) is 6.07. The molecule has 104 valence electrons. The Bertz CT molecular complexity index is 629. The largest absolute Gasteiger partial charge is 0.496 e. The van der Waals surface area contributed by atoms with E-state index in [1.54, 1.807) is 24.5 Å². The summed E-state index contributed by atoms with van der Waals surface area (Å²) in [5.74, 6) is 0.461. The van der Waals surface area contributed by atoms with Gasteiger partial charge in [0.15, 0.2) is 0 Å². The van der Waals surface area contributed by atoms with Gasteiger partial charge in [0, 0.05) is 18.9 Å². The highest BCUT2D eigenvalue weighted by Gasteiger charge is 2.15. The zero-order valence-electron chi connectivity index (χ0n) is 11.3. The molecule has 20 heavy (non-hydrogen) atoms. The van der Waals surface area contributed by atoms with Crippen molar-refractivity contribution in [3.05, 3.63) is 57.9 Å². The lowest BCUT2D eigenvalue weighted by molar-refractivity contribution is -0.384. The van der Waals surface area contributed by atoms with Gasteiger partial charge in [-0.1, -0.05) is 0 Å². The number of nitro groups is 1. The van der Waals surface area contributed by atoms with Gasteiger partial charge in [-0.25, -0.2) is 0 Å². The Labute approximate surface area is 116 Å². The van der Waals surface area contributed by atoms with E-state index in [0.717, 1.165) is 11.1 Å². The van der Waals surface area contributed by atoms with Crippen molar-refractivity contribution in [1.29, 1.82) is 0 Å². The van der Waals surface area contributed by atoms with Crippen LogP contribution in [-0.4, -0.2) is 17.0 Å². The number of rotatable bonds is 5. The number of anilines is 1. The van der Waals surface area contributed by atoms with Gasteiger partial charge in [0.2, 0.25) is 0 Å². The Balaban J connectivity index is 2.21. The molecule has 0 spiro atoms. The summed E-state index contributed by atoms with van der Waals surface area (Å²) in [5, 5.41) is 14.1. The van der Waals surface area contributed by atoms with Gasteiger partial charge in [0.05, 0.1) is 18.1 Å². The second-order valence-electron chi connectivity index (χ2n) is 4.30. The van der Waals surface area contributed by atoms with Gasteiger partial charge in [-0.3, -0.25) is 15.1 Å². The third-order valence-electron chi connectivity index (χ3n) is 3.01. The normalized spacial score (nSPS) is 10.1. The van der Waals surface area contributed by atoms with E-state index in [0.29, 0.717) is 18.0 Å². The molecule has 0 fully saturated rings. The van der Waals surface area contributed by atoms with Crippen molar-refractivity contribution in [3.8, 4) is 5.75 Å². The Morgan fingerprint density at radius 3 is 2.85 bits per heavy atom. The Hall–Kier alpha value is -2.63. The summed E-state index contributed by atoms with van der Waals surface area (Å²) in [5.41, 5.74) is 2.55. The molecular formula is C14H15N3O3. The summed E-state index contributed by atoms with van der Waals surface area (Å²) in [6.07, 6.45) is 3.46. The topological polar surface area (TPSA) is 77.3 Å². The quantitative estimate of drug-likeness (QED) is 0.669. The van der Waals surface area contributed by atoms with Crippen LogP contribution < -0.4 is 10.1 Å². The predicted octanol–water partition coefficient (Wildman–Crippen LogP) is 2.92. The van der Waals surface area contributed by atoms with Gasteiger partial charge in [-0.15, -0.1) is 0 Å². The van der Waals surface area contributed by atoms with Crippen LogP contribution >= 0.6 is 0 Å². The van der Waals surface area contributed by atoms with Gasteiger partial charge >= 0.3 is 0 Å². The SMILES string of the molecule is COc1ccc(NCc2ccncc2C)c([N+](=O)[O-])c1. The number of aromatic nitrogens is 1. The van der Waals surface area contributed by atoms with E-state index in [-0.39, 0.29) is 5.69 Å². The number of ether oxygens (including phenoxy) is 1. The number of hydrogen-bond donors (Lipinski definition) is 1. The number of nitrogens with one attached hydrogen (secondary N) is 1. The molecule has 0 saturated heterocycles. The van der Waals surface area contributed by atoms with Crippen LogP contribution in [0.4, 0.5) is 11.4 Å². The van der Waals surface area contributed by atoms with Crippen LogP contribution in [0.1, 0.15) is 11.1 Å². The van der Waals surface area contributed by atoms with Crippen LogP contribution in [-0.2, 0) is 6.54 Å². The monoisotopic (exact) mass is 273 g/mol. The molecule has 6 heteroatoms. The summed E-state index contributed by atoms with van der Waals surface area (Å²) in [7, 11) is 1.48.